The highest BCUT2D eigenvalue weighted by Gasteiger charge is 2.32. The van der Waals surface area contributed by atoms with E-state index in [9.17, 15) is 17.6 Å². The first-order valence-corrected chi connectivity index (χ1v) is 11.6. The van der Waals surface area contributed by atoms with Crippen LogP contribution >= 0.6 is 0 Å². The van der Waals surface area contributed by atoms with Gasteiger partial charge in [-0.15, -0.1) is 0 Å². The van der Waals surface area contributed by atoms with Gasteiger partial charge in [-0.25, -0.2) is 12.8 Å². The molecule has 0 spiro atoms. The molecule has 2 atom stereocenters. The van der Waals surface area contributed by atoms with E-state index in [4.69, 9.17) is 0 Å². The van der Waals surface area contributed by atoms with Gasteiger partial charge in [0.25, 0.3) is 0 Å². The van der Waals surface area contributed by atoms with Crippen molar-refractivity contribution in [2.24, 2.45) is 0 Å². The molecule has 0 heterocycles. The minimum absolute atomic E-state index is 0.230. The molecule has 0 bridgehead atoms. The van der Waals surface area contributed by atoms with Crippen LogP contribution < -0.4 is 9.62 Å². The van der Waals surface area contributed by atoms with E-state index in [1.165, 1.54) is 24.3 Å². The highest BCUT2D eigenvalue weighted by molar-refractivity contribution is 7.92. The van der Waals surface area contributed by atoms with Crippen molar-refractivity contribution in [3.05, 3.63) is 65.0 Å². The van der Waals surface area contributed by atoms with Crippen LogP contribution in [0.25, 0.3) is 0 Å². The number of benzene rings is 2. The van der Waals surface area contributed by atoms with Crippen LogP contribution in [-0.2, 0) is 14.8 Å². The summed E-state index contributed by atoms with van der Waals surface area (Å²) in [7, 11) is -3.76. The van der Waals surface area contributed by atoms with Crippen LogP contribution in [0.1, 0.15) is 49.4 Å². The van der Waals surface area contributed by atoms with E-state index in [0.29, 0.717) is 6.42 Å². The molecule has 0 unspecified atom stereocenters. The van der Waals surface area contributed by atoms with Crippen LogP contribution in [0.2, 0.25) is 0 Å². The molecule has 29 heavy (non-hydrogen) atoms. The van der Waals surface area contributed by atoms with Crippen LogP contribution in [-0.4, -0.2) is 26.6 Å². The number of hydrogen-bond donors (Lipinski definition) is 1. The molecule has 1 N–H and O–H groups in total. The Hall–Kier alpha value is -2.41. The minimum atomic E-state index is -3.76. The van der Waals surface area contributed by atoms with Crippen molar-refractivity contribution in [3.63, 3.8) is 0 Å². The molecular formula is C22H29FN2O3S. The van der Waals surface area contributed by atoms with Gasteiger partial charge in [-0.05, 0) is 62.1 Å². The number of rotatable bonds is 8. The van der Waals surface area contributed by atoms with Gasteiger partial charge >= 0.3 is 0 Å². The van der Waals surface area contributed by atoms with E-state index in [-0.39, 0.29) is 24.1 Å². The van der Waals surface area contributed by atoms with Crippen molar-refractivity contribution < 1.29 is 17.6 Å². The lowest BCUT2D eigenvalue weighted by molar-refractivity contribution is -0.123. The van der Waals surface area contributed by atoms with Gasteiger partial charge < -0.3 is 5.32 Å². The first-order chi connectivity index (χ1) is 13.6. The predicted molar refractivity (Wildman–Crippen MR) is 115 cm³/mol. The van der Waals surface area contributed by atoms with Gasteiger partial charge in [0, 0.05) is 0 Å². The van der Waals surface area contributed by atoms with Crippen molar-refractivity contribution in [1.82, 2.24) is 5.32 Å². The second-order valence-corrected chi connectivity index (χ2v) is 9.15. The van der Waals surface area contributed by atoms with Crippen molar-refractivity contribution in [2.75, 3.05) is 10.6 Å². The van der Waals surface area contributed by atoms with Crippen LogP contribution in [0.3, 0.4) is 0 Å². The normalized spacial score (nSPS) is 13.6. The van der Waals surface area contributed by atoms with Crippen LogP contribution in [0.4, 0.5) is 10.1 Å². The molecular weight excluding hydrogens is 391 g/mol. The summed E-state index contributed by atoms with van der Waals surface area (Å²) in [5.74, 6) is -0.852. The van der Waals surface area contributed by atoms with Crippen molar-refractivity contribution in [2.45, 2.75) is 52.6 Å². The maximum atomic E-state index is 13.3. The van der Waals surface area contributed by atoms with E-state index >= 15 is 0 Å². The van der Waals surface area contributed by atoms with E-state index in [1.807, 2.05) is 32.9 Å². The van der Waals surface area contributed by atoms with Crippen LogP contribution in [0.5, 0.6) is 0 Å². The summed E-state index contributed by atoms with van der Waals surface area (Å²) in [6, 6.07) is 9.99. The highest BCUT2D eigenvalue weighted by Crippen LogP contribution is 2.25. The third-order valence-electron chi connectivity index (χ3n) is 4.94. The highest BCUT2D eigenvalue weighted by atomic mass is 32.2. The fourth-order valence-corrected chi connectivity index (χ4v) is 4.74. The Kier molecular flexibility index (Phi) is 7.41. The van der Waals surface area contributed by atoms with Gasteiger partial charge in [0.1, 0.15) is 11.9 Å². The van der Waals surface area contributed by atoms with E-state index in [2.05, 4.69) is 11.4 Å². The largest absolute Gasteiger partial charge is 0.347 e. The molecule has 158 valence electrons. The smallest absolute Gasteiger partial charge is 0.244 e. The molecule has 1 amide bonds. The van der Waals surface area contributed by atoms with Gasteiger partial charge in [-0.3, -0.25) is 9.10 Å². The van der Waals surface area contributed by atoms with Crippen LogP contribution in [0.15, 0.2) is 42.5 Å². The first-order valence-electron chi connectivity index (χ1n) is 9.71. The zero-order valence-electron chi connectivity index (χ0n) is 17.6. The third kappa shape index (κ3) is 5.56. The lowest BCUT2D eigenvalue weighted by atomic mass is 9.97. The van der Waals surface area contributed by atoms with Gasteiger partial charge in [0.2, 0.25) is 15.9 Å². The second kappa shape index (κ2) is 9.39. The molecule has 0 fully saturated rings. The molecule has 0 radical (unpaired) electrons. The number of hydrogen-bond acceptors (Lipinski definition) is 3. The lowest BCUT2D eigenvalue weighted by Gasteiger charge is -2.31. The number of carbonyl (C=O) groups is 1. The number of halogens is 1. The third-order valence-corrected chi connectivity index (χ3v) is 6.12. The number of anilines is 1. The summed E-state index contributed by atoms with van der Waals surface area (Å²) in [5, 5.41) is 3.01. The Bertz CT molecular complexity index is 959. The molecule has 7 heteroatoms. The number of aryl methyl sites for hydroxylation is 2. The molecule has 2 aromatic carbocycles. The number of carbonyl (C=O) groups excluding carboxylic acids is 1. The molecule has 0 aliphatic rings. The van der Waals surface area contributed by atoms with Gasteiger partial charge in [0.05, 0.1) is 18.0 Å². The quantitative estimate of drug-likeness (QED) is 0.694. The molecule has 2 aromatic rings. The summed E-state index contributed by atoms with van der Waals surface area (Å²) in [6.07, 6.45) is 1.99. The zero-order chi connectivity index (χ0) is 21.8. The lowest BCUT2D eigenvalue weighted by Crippen LogP contribution is -2.50. The topological polar surface area (TPSA) is 66.5 Å². The molecule has 0 saturated carbocycles. The number of nitrogens with one attached hydrogen (secondary N) is 1. The van der Waals surface area contributed by atoms with Gasteiger partial charge in [-0.1, -0.05) is 37.6 Å². The van der Waals surface area contributed by atoms with E-state index < -0.39 is 21.9 Å². The Morgan fingerprint density at radius 2 is 1.69 bits per heavy atom. The minimum Gasteiger partial charge on any atom is -0.347 e. The average molecular weight is 421 g/mol. The van der Waals surface area contributed by atoms with Crippen molar-refractivity contribution >= 4 is 21.6 Å². The molecule has 0 aliphatic heterocycles. The standard InChI is InChI=1S/C22H29FN2O3S/c1-6-20(19-13-8-15(3)14-16(19)4)24-22(26)21(7-2)25(29(5,27)28)18-11-9-17(23)10-12-18/h8-14,20-21H,6-7H2,1-5H3,(H,24,26)/t20-,21-/m1/s1. The fourth-order valence-electron chi connectivity index (χ4n) is 3.53. The average Bonchev–Trinajstić information content (AvgIpc) is 2.64. The monoisotopic (exact) mass is 420 g/mol. The summed E-state index contributed by atoms with van der Waals surface area (Å²) in [6.45, 7) is 7.73. The van der Waals surface area contributed by atoms with Crippen molar-refractivity contribution in [3.8, 4) is 0 Å². The Labute approximate surface area is 173 Å². The SMILES string of the molecule is CC[C@H](C(=O)N[C@H](CC)c1ccc(C)cc1C)N(c1ccc(F)cc1)S(C)(=O)=O. The van der Waals surface area contributed by atoms with Crippen molar-refractivity contribution in [1.29, 1.82) is 0 Å². The fraction of sp³-hybridized carbons (Fsp3) is 0.409. The number of nitrogens with zero attached hydrogens (tertiary/aromatic N) is 1. The Balaban J connectivity index is 2.36. The van der Waals surface area contributed by atoms with E-state index in [0.717, 1.165) is 27.3 Å². The van der Waals surface area contributed by atoms with Crippen LogP contribution in [0, 0.1) is 19.7 Å². The summed E-state index contributed by atoms with van der Waals surface area (Å²) >= 11 is 0. The molecule has 0 aromatic heterocycles. The maximum absolute atomic E-state index is 13.3. The number of sulfonamides is 1. The Morgan fingerprint density at radius 3 is 2.17 bits per heavy atom. The maximum Gasteiger partial charge on any atom is 0.244 e. The molecule has 5 nitrogen and oxygen atoms in total. The Morgan fingerprint density at radius 1 is 1.07 bits per heavy atom. The summed E-state index contributed by atoms with van der Waals surface area (Å²) < 4.78 is 39.4. The zero-order valence-corrected chi connectivity index (χ0v) is 18.4. The molecule has 2 rings (SSSR count). The predicted octanol–water partition coefficient (Wildman–Crippen LogP) is 4.25. The summed E-state index contributed by atoms with van der Waals surface area (Å²) in [5.41, 5.74) is 3.48. The molecule has 0 saturated heterocycles. The number of amides is 1. The van der Waals surface area contributed by atoms with Gasteiger partial charge in [0.15, 0.2) is 0 Å². The van der Waals surface area contributed by atoms with Gasteiger partial charge in [-0.2, -0.15) is 0 Å². The summed E-state index contributed by atoms with van der Waals surface area (Å²) in [4.78, 5) is 13.1. The molecule has 0 aliphatic carbocycles. The second-order valence-electron chi connectivity index (χ2n) is 7.29. The first kappa shape index (κ1) is 22.9. The van der Waals surface area contributed by atoms with E-state index in [1.54, 1.807) is 6.92 Å².